The van der Waals surface area contributed by atoms with Crippen molar-refractivity contribution in [1.82, 2.24) is 0 Å². The minimum atomic E-state index is -0.0111. The van der Waals surface area contributed by atoms with E-state index < -0.39 is 0 Å². The highest BCUT2D eigenvalue weighted by Gasteiger charge is 2.18. The topological polar surface area (TPSA) is 67.2 Å². The normalized spacial score (nSPS) is 22.6. The molecule has 1 aliphatic carbocycles. The van der Waals surface area contributed by atoms with E-state index in [0.717, 1.165) is 30.6 Å². The van der Waals surface area contributed by atoms with Crippen LogP contribution in [0.15, 0.2) is 24.3 Å². The van der Waals surface area contributed by atoms with E-state index in [1.165, 1.54) is 6.42 Å². The van der Waals surface area contributed by atoms with E-state index in [1.54, 1.807) is 0 Å². The van der Waals surface area contributed by atoms with Crippen LogP contribution in [0.5, 0.6) is 0 Å². The van der Waals surface area contributed by atoms with Gasteiger partial charge >= 0.3 is 0 Å². The van der Waals surface area contributed by atoms with Crippen LogP contribution in [0.1, 0.15) is 39.5 Å². The lowest BCUT2D eigenvalue weighted by atomic mass is 9.91. The maximum atomic E-state index is 11.7. The molecule has 0 bridgehead atoms. The van der Waals surface area contributed by atoms with Crippen molar-refractivity contribution in [1.29, 1.82) is 0 Å². The Morgan fingerprint density at radius 1 is 1.30 bits per heavy atom. The van der Waals surface area contributed by atoms with Gasteiger partial charge in [0.05, 0.1) is 0 Å². The van der Waals surface area contributed by atoms with Crippen LogP contribution < -0.4 is 16.4 Å². The molecule has 2 rings (SSSR count). The van der Waals surface area contributed by atoms with E-state index in [-0.39, 0.29) is 11.8 Å². The van der Waals surface area contributed by atoms with E-state index in [9.17, 15) is 4.79 Å². The molecular weight excluding hydrogens is 250 g/mol. The van der Waals surface area contributed by atoms with Gasteiger partial charge in [-0.1, -0.05) is 19.9 Å². The summed E-state index contributed by atoms with van der Waals surface area (Å²) in [6, 6.07) is 8.64. The summed E-state index contributed by atoms with van der Waals surface area (Å²) in [6.45, 7) is 3.78. The number of benzene rings is 1. The van der Waals surface area contributed by atoms with E-state index in [2.05, 4.69) is 10.6 Å². The maximum absolute atomic E-state index is 11.7. The van der Waals surface area contributed by atoms with Crippen molar-refractivity contribution in [3.8, 4) is 0 Å². The molecule has 1 aromatic carbocycles. The van der Waals surface area contributed by atoms with E-state index in [0.29, 0.717) is 12.1 Å². The van der Waals surface area contributed by atoms with Crippen LogP contribution in [0.25, 0.3) is 0 Å². The molecule has 1 aromatic rings. The van der Waals surface area contributed by atoms with Crippen molar-refractivity contribution in [3.05, 3.63) is 24.3 Å². The number of anilines is 2. The zero-order valence-electron chi connectivity index (χ0n) is 12.4. The third-order valence-electron chi connectivity index (χ3n) is 3.74. The number of hydrogen-bond acceptors (Lipinski definition) is 3. The fourth-order valence-electron chi connectivity index (χ4n) is 2.57. The van der Waals surface area contributed by atoms with E-state index in [4.69, 9.17) is 5.73 Å². The Balaban J connectivity index is 1.97. The lowest BCUT2D eigenvalue weighted by molar-refractivity contribution is -0.118. The number of nitrogens with two attached hydrogens (primary N) is 1. The SMILES string of the molecule is CC(C)C(=O)Nc1cccc(NC2CCCC(N)C2)c1. The smallest absolute Gasteiger partial charge is 0.226 e. The average Bonchev–Trinajstić information content (AvgIpc) is 2.39. The summed E-state index contributed by atoms with van der Waals surface area (Å²) in [5.74, 6) is 0.0322. The summed E-state index contributed by atoms with van der Waals surface area (Å²) in [4.78, 5) is 11.7. The quantitative estimate of drug-likeness (QED) is 0.791. The number of rotatable bonds is 4. The summed E-state index contributed by atoms with van der Waals surface area (Å²) < 4.78 is 0. The average molecular weight is 275 g/mol. The van der Waals surface area contributed by atoms with Gasteiger partial charge in [0.15, 0.2) is 0 Å². The fourth-order valence-corrected chi connectivity index (χ4v) is 2.57. The standard InChI is InChI=1S/C16H25N3O/c1-11(2)16(20)19-15-8-4-7-14(10-15)18-13-6-3-5-12(17)9-13/h4,7-8,10-13,18H,3,5-6,9,17H2,1-2H3,(H,19,20). The first-order valence-electron chi connectivity index (χ1n) is 7.47. The molecule has 4 N–H and O–H groups in total. The molecule has 1 saturated carbocycles. The van der Waals surface area contributed by atoms with Crippen molar-refractivity contribution < 1.29 is 4.79 Å². The van der Waals surface area contributed by atoms with Gasteiger partial charge in [0.1, 0.15) is 0 Å². The van der Waals surface area contributed by atoms with Gasteiger partial charge in [0.2, 0.25) is 5.91 Å². The van der Waals surface area contributed by atoms with Crippen LogP contribution in [0.4, 0.5) is 11.4 Å². The molecule has 1 aliphatic rings. The molecule has 0 aliphatic heterocycles. The summed E-state index contributed by atoms with van der Waals surface area (Å²) in [7, 11) is 0. The minimum absolute atomic E-state index is 0.0111. The first-order valence-corrected chi connectivity index (χ1v) is 7.47. The molecule has 1 amide bonds. The molecule has 0 spiro atoms. The van der Waals surface area contributed by atoms with Crippen LogP contribution in [0.2, 0.25) is 0 Å². The second kappa shape index (κ2) is 6.75. The number of hydrogen-bond donors (Lipinski definition) is 3. The van der Waals surface area contributed by atoms with Gasteiger partial charge in [-0.15, -0.1) is 0 Å². The van der Waals surface area contributed by atoms with Crippen molar-refractivity contribution >= 4 is 17.3 Å². The Labute approximate surface area is 121 Å². The van der Waals surface area contributed by atoms with Crippen molar-refractivity contribution in [2.75, 3.05) is 10.6 Å². The predicted molar refractivity (Wildman–Crippen MR) is 83.8 cm³/mol. The predicted octanol–water partition coefficient (Wildman–Crippen LogP) is 2.96. The first kappa shape index (κ1) is 14.9. The monoisotopic (exact) mass is 275 g/mol. The maximum Gasteiger partial charge on any atom is 0.226 e. The van der Waals surface area contributed by atoms with E-state index in [1.807, 2.05) is 38.1 Å². The number of carbonyl (C=O) groups excluding carboxylic acids is 1. The Morgan fingerprint density at radius 3 is 2.75 bits per heavy atom. The van der Waals surface area contributed by atoms with Crippen LogP contribution >= 0.6 is 0 Å². The molecular formula is C16H25N3O. The molecule has 20 heavy (non-hydrogen) atoms. The molecule has 0 aromatic heterocycles. The summed E-state index contributed by atoms with van der Waals surface area (Å²) in [6.07, 6.45) is 4.49. The Hall–Kier alpha value is -1.55. The molecule has 1 fully saturated rings. The van der Waals surface area contributed by atoms with Crippen LogP contribution in [-0.2, 0) is 4.79 Å². The highest BCUT2D eigenvalue weighted by Crippen LogP contribution is 2.23. The third kappa shape index (κ3) is 4.23. The van der Waals surface area contributed by atoms with Gasteiger partial charge < -0.3 is 16.4 Å². The van der Waals surface area contributed by atoms with Gasteiger partial charge in [-0.2, -0.15) is 0 Å². The van der Waals surface area contributed by atoms with Crippen molar-refractivity contribution in [2.24, 2.45) is 11.7 Å². The third-order valence-corrected chi connectivity index (χ3v) is 3.74. The lowest BCUT2D eigenvalue weighted by Gasteiger charge is -2.28. The fraction of sp³-hybridized carbons (Fsp3) is 0.562. The molecule has 2 unspecified atom stereocenters. The largest absolute Gasteiger partial charge is 0.382 e. The summed E-state index contributed by atoms with van der Waals surface area (Å²) in [5.41, 5.74) is 7.90. The number of amides is 1. The van der Waals surface area contributed by atoms with Gasteiger partial charge in [-0.25, -0.2) is 0 Å². The Morgan fingerprint density at radius 2 is 2.05 bits per heavy atom. The number of nitrogens with one attached hydrogen (secondary N) is 2. The Bertz CT molecular complexity index is 459. The second-order valence-corrected chi connectivity index (χ2v) is 5.99. The van der Waals surface area contributed by atoms with Crippen LogP contribution in [-0.4, -0.2) is 18.0 Å². The molecule has 0 saturated heterocycles. The second-order valence-electron chi connectivity index (χ2n) is 5.99. The van der Waals surface area contributed by atoms with Crippen LogP contribution in [0, 0.1) is 5.92 Å². The van der Waals surface area contributed by atoms with Crippen LogP contribution in [0.3, 0.4) is 0 Å². The molecule has 0 heterocycles. The zero-order chi connectivity index (χ0) is 14.5. The van der Waals surface area contributed by atoms with Gasteiger partial charge in [-0.3, -0.25) is 4.79 Å². The highest BCUT2D eigenvalue weighted by atomic mass is 16.1. The highest BCUT2D eigenvalue weighted by molar-refractivity contribution is 5.92. The molecule has 4 heteroatoms. The lowest BCUT2D eigenvalue weighted by Crippen LogP contribution is -2.34. The summed E-state index contributed by atoms with van der Waals surface area (Å²) in [5, 5.41) is 6.45. The molecule has 4 nitrogen and oxygen atoms in total. The summed E-state index contributed by atoms with van der Waals surface area (Å²) >= 11 is 0. The molecule has 0 radical (unpaired) electrons. The minimum Gasteiger partial charge on any atom is -0.382 e. The Kier molecular flexibility index (Phi) is 5.01. The van der Waals surface area contributed by atoms with Crippen molar-refractivity contribution in [2.45, 2.75) is 51.6 Å². The zero-order valence-corrected chi connectivity index (χ0v) is 12.4. The van der Waals surface area contributed by atoms with Gasteiger partial charge in [0.25, 0.3) is 0 Å². The van der Waals surface area contributed by atoms with E-state index >= 15 is 0 Å². The molecule has 2 atom stereocenters. The van der Waals surface area contributed by atoms with Gasteiger partial charge in [0, 0.05) is 29.4 Å². The first-order chi connectivity index (χ1) is 9.54. The van der Waals surface area contributed by atoms with Crippen molar-refractivity contribution in [3.63, 3.8) is 0 Å². The van der Waals surface area contributed by atoms with Gasteiger partial charge in [-0.05, 0) is 43.9 Å². The number of carbonyl (C=O) groups is 1. The molecule has 110 valence electrons.